The summed E-state index contributed by atoms with van der Waals surface area (Å²) in [5.41, 5.74) is 2.41. The third-order valence-electron chi connectivity index (χ3n) is 2.44. The molecular formula is C11H11BrN2O2S. The number of nitrogens with one attached hydrogen (secondary N) is 1. The first-order valence-corrected chi connectivity index (χ1v) is 6.69. The molecule has 0 saturated carbocycles. The Morgan fingerprint density at radius 3 is 2.88 bits per heavy atom. The van der Waals surface area contributed by atoms with Crippen molar-refractivity contribution in [3.8, 4) is 0 Å². The van der Waals surface area contributed by atoms with Gasteiger partial charge in [-0.25, -0.2) is 0 Å². The van der Waals surface area contributed by atoms with Crippen LogP contribution >= 0.6 is 27.3 Å². The van der Waals surface area contributed by atoms with Gasteiger partial charge in [-0.1, -0.05) is 5.16 Å². The van der Waals surface area contributed by atoms with E-state index in [1.807, 2.05) is 19.2 Å². The van der Waals surface area contributed by atoms with Crippen molar-refractivity contribution in [1.82, 2.24) is 10.5 Å². The zero-order chi connectivity index (χ0) is 12.4. The van der Waals surface area contributed by atoms with Gasteiger partial charge in [-0.15, -0.1) is 11.3 Å². The van der Waals surface area contributed by atoms with Crippen molar-refractivity contribution in [3.05, 3.63) is 37.8 Å². The highest BCUT2D eigenvalue weighted by molar-refractivity contribution is 9.11. The Balaban J connectivity index is 2.02. The molecule has 90 valence electrons. The minimum absolute atomic E-state index is 0.0908. The van der Waals surface area contributed by atoms with Crippen LogP contribution in [-0.2, 0) is 6.54 Å². The van der Waals surface area contributed by atoms with Crippen molar-refractivity contribution in [3.63, 3.8) is 0 Å². The smallest absolute Gasteiger partial charge is 0.252 e. The third-order valence-corrected chi connectivity index (χ3v) is 3.94. The molecule has 0 aliphatic carbocycles. The van der Waals surface area contributed by atoms with Gasteiger partial charge in [0, 0.05) is 17.5 Å². The highest BCUT2D eigenvalue weighted by Crippen LogP contribution is 2.20. The molecule has 0 radical (unpaired) electrons. The summed E-state index contributed by atoms with van der Waals surface area (Å²) >= 11 is 4.81. The Bertz CT molecular complexity index is 528. The topological polar surface area (TPSA) is 55.1 Å². The van der Waals surface area contributed by atoms with E-state index >= 15 is 0 Å². The number of thiophene rings is 1. The minimum atomic E-state index is -0.0908. The molecule has 17 heavy (non-hydrogen) atoms. The molecule has 0 aliphatic rings. The number of amides is 1. The van der Waals surface area contributed by atoms with Crippen LogP contribution in [0.25, 0.3) is 0 Å². The molecule has 0 atom stereocenters. The lowest BCUT2D eigenvalue weighted by Crippen LogP contribution is -2.22. The predicted octanol–water partition coefficient (Wildman–Crippen LogP) is 3.05. The third kappa shape index (κ3) is 2.76. The van der Waals surface area contributed by atoms with Crippen LogP contribution in [0.1, 0.15) is 27.4 Å². The molecule has 2 rings (SSSR count). The van der Waals surface area contributed by atoms with Gasteiger partial charge in [0.25, 0.3) is 5.91 Å². The maximum absolute atomic E-state index is 11.8. The van der Waals surface area contributed by atoms with Crippen LogP contribution in [0.5, 0.6) is 0 Å². The van der Waals surface area contributed by atoms with E-state index in [4.69, 9.17) is 4.52 Å². The monoisotopic (exact) mass is 314 g/mol. The molecule has 6 heteroatoms. The van der Waals surface area contributed by atoms with Crippen LogP contribution < -0.4 is 5.32 Å². The number of carbonyl (C=O) groups is 1. The van der Waals surface area contributed by atoms with Crippen molar-refractivity contribution in [2.24, 2.45) is 0 Å². The summed E-state index contributed by atoms with van der Waals surface area (Å²) in [5.74, 6) is 0.654. The number of hydrogen-bond donors (Lipinski definition) is 1. The van der Waals surface area contributed by atoms with Gasteiger partial charge in [0.2, 0.25) is 0 Å². The predicted molar refractivity (Wildman–Crippen MR) is 69.2 cm³/mol. The maximum atomic E-state index is 11.8. The van der Waals surface area contributed by atoms with E-state index in [0.29, 0.717) is 12.1 Å². The van der Waals surface area contributed by atoms with Crippen molar-refractivity contribution >= 4 is 33.2 Å². The number of aryl methyl sites for hydroxylation is 2. The first-order chi connectivity index (χ1) is 8.08. The molecule has 0 unspecified atom stereocenters. The van der Waals surface area contributed by atoms with Gasteiger partial charge in [0.15, 0.2) is 0 Å². The second-order valence-electron chi connectivity index (χ2n) is 3.62. The first-order valence-electron chi connectivity index (χ1n) is 5.02. The maximum Gasteiger partial charge on any atom is 0.252 e. The largest absolute Gasteiger partial charge is 0.361 e. The van der Waals surface area contributed by atoms with Gasteiger partial charge in [0.1, 0.15) is 5.76 Å². The molecule has 0 fully saturated rings. The Kier molecular flexibility index (Phi) is 3.63. The number of aromatic nitrogens is 1. The zero-order valence-electron chi connectivity index (χ0n) is 9.41. The van der Waals surface area contributed by atoms with Gasteiger partial charge in [-0.2, -0.15) is 0 Å². The molecule has 0 spiro atoms. The van der Waals surface area contributed by atoms with Crippen molar-refractivity contribution in [1.29, 1.82) is 0 Å². The highest BCUT2D eigenvalue weighted by atomic mass is 79.9. The average molecular weight is 315 g/mol. The SMILES string of the molecule is Cc1noc(C)c1CNC(=O)c1csc(Br)c1. The second kappa shape index (κ2) is 5.01. The zero-order valence-corrected chi connectivity index (χ0v) is 11.8. The summed E-state index contributed by atoms with van der Waals surface area (Å²) in [6, 6.07) is 1.80. The lowest BCUT2D eigenvalue weighted by Gasteiger charge is -2.02. The number of nitrogens with zero attached hydrogens (tertiary/aromatic N) is 1. The molecule has 0 aromatic carbocycles. The number of carbonyl (C=O) groups excluding carboxylic acids is 1. The van der Waals surface area contributed by atoms with Crippen molar-refractivity contribution in [2.75, 3.05) is 0 Å². The Labute approximate surface area is 111 Å². The van der Waals surface area contributed by atoms with Crippen LogP contribution in [-0.4, -0.2) is 11.1 Å². The number of halogens is 1. The van der Waals surface area contributed by atoms with Crippen molar-refractivity contribution < 1.29 is 9.32 Å². The van der Waals surface area contributed by atoms with Crippen LogP contribution in [0, 0.1) is 13.8 Å². The van der Waals surface area contributed by atoms with E-state index < -0.39 is 0 Å². The van der Waals surface area contributed by atoms with Crippen LogP contribution in [0.4, 0.5) is 0 Å². The molecule has 2 heterocycles. The molecule has 1 amide bonds. The van der Waals surface area contributed by atoms with Crippen LogP contribution in [0.15, 0.2) is 19.8 Å². The van der Waals surface area contributed by atoms with E-state index in [1.165, 1.54) is 11.3 Å². The fraction of sp³-hybridized carbons (Fsp3) is 0.273. The van der Waals surface area contributed by atoms with Crippen LogP contribution in [0.3, 0.4) is 0 Å². The van der Waals surface area contributed by atoms with E-state index in [0.717, 1.165) is 20.8 Å². The summed E-state index contributed by atoms with van der Waals surface area (Å²) in [5, 5.41) is 8.49. The van der Waals surface area contributed by atoms with Gasteiger partial charge < -0.3 is 9.84 Å². The molecule has 2 aromatic rings. The van der Waals surface area contributed by atoms with Gasteiger partial charge in [0.05, 0.1) is 15.0 Å². The quantitative estimate of drug-likeness (QED) is 0.947. The van der Waals surface area contributed by atoms with E-state index in [2.05, 4.69) is 26.4 Å². The summed E-state index contributed by atoms with van der Waals surface area (Å²) in [6.45, 7) is 4.13. The van der Waals surface area contributed by atoms with Crippen molar-refractivity contribution in [2.45, 2.75) is 20.4 Å². The normalized spacial score (nSPS) is 10.5. The van der Waals surface area contributed by atoms with Gasteiger partial charge in [-0.3, -0.25) is 4.79 Å². The van der Waals surface area contributed by atoms with Crippen LogP contribution in [0.2, 0.25) is 0 Å². The lowest BCUT2D eigenvalue weighted by molar-refractivity contribution is 0.0951. The van der Waals surface area contributed by atoms with Gasteiger partial charge >= 0.3 is 0 Å². The summed E-state index contributed by atoms with van der Waals surface area (Å²) in [7, 11) is 0. The molecular weight excluding hydrogens is 304 g/mol. The minimum Gasteiger partial charge on any atom is -0.361 e. The molecule has 4 nitrogen and oxygen atoms in total. The van der Waals surface area contributed by atoms with E-state index in [1.54, 1.807) is 6.07 Å². The number of hydrogen-bond acceptors (Lipinski definition) is 4. The summed E-state index contributed by atoms with van der Waals surface area (Å²) in [6.07, 6.45) is 0. The Hall–Kier alpha value is -1.14. The van der Waals surface area contributed by atoms with E-state index in [9.17, 15) is 4.79 Å². The number of rotatable bonds is 3. The molecule has 1 N–H and O–H groups in total. The standard InChI is InChI=1S/C11H11BrN2O2S/c1-6-9(7(2)16-14-6)4-13-11(15)8-3-10(12)17-5-8/h3,5H,4H2,1-2H3,(H,13,15). The first kappa shape index (κ1) is 12.3. The molecule has 0 bridgehead atoms. The summed E-state index contributed by atoms with van der Waals surface area (Å²) in [4.78, 5) is 11.8. The highest BCUT2D eigenvalue weighted by Gasteiger charge is 2.12. The molecule has 0 aliphatic heterocycles. The average Bonchev–Trinajstić information content (AvgIpc) is 2.84. The molecule has 2 aromatic heterocycles. The fourth-order valence-corrected chi connectivity index (χ4v) is 2.59. The lowest BCUT2D eigenvalue weighted by atomic mass is 10.2. The van der Waals surface area contributed by atoms with E-state index in [-0.39, 0.29) is 5.91 Å². The summed E-state index contributed by atoms with van der Waals surface area (Å²) < 4.78 is 5.98. The molecule has 0 saturated heterocycles. The van der Waals surface area contributed by atoms with Gasteiger partial charge in [-0.05, 0) is 35.8 Å². The fourth-order valence-electron chi connectivity index (χ4n) is 1.45. The Morgan fingerprint density at radius 1 is 1.59 bits per heavy atom. The second-order valence-corrected chi connectivity index (χ2v) is 5.92. The Morgan fingerprint density at radius 2 is 2.35 bits per heavy atom.